The van der Waals surface area contributed by atoms with Crippen molar-refractivity contribution in [2.24, 2.45) is 11.8 Å². The topological polar surface area (TPSA) is 89.0 Å². The van der Waals surface area contributed by atoms with E-state index in [0.717, 1.165) is 31.4 Å². The first-order valence-corrected chi connectivity index (χ1v) is 9.85. The van der Waals surface area contributed by atoms with E-state index < -0.39 is 12.1 Å². The van der Waals surface area contributed by atoms with Crippen LogP contribution in [0.2, 0.25) is 0 Å². The van der Waals surface area contributed by atoms with E-state index >= 15 is 0 Å². The molecule has 1 aromatic heterocycles. The highest BCUT2D eigenvalue weighted by atomic mass is 16.6. The Labute approximate surface area is 170 Å². The van der Waals surface area contributed by atoms with Crippen LogP contribution < -0.4 is 4.90 Å². The lowest BCUT2D eigenvalue weighted by Crippen LogP contribution is -2.30. The summed E-state index contributed by atoms with van der Waals surface area (Å²) in [5.41, 5.74) is 1.38. The normalized spacial score (nSPS) is 18.8. The van der Waals surface area contributed by atoms with Crippen LogP contribution in [0, 0.1) is 11.8 Å². The zero-order valence-electron chi connectivity index (χ0n) is 16.3. The minimum Gasteiger partial charge on any atom is -0.480 e. The largest absolute Gasteiger partial charge is 0.480 e. The second-order valence-electron chi connectivity index (χ2n) is 7.25. The number of anilines is 2. The fraction of sp³-hybridized carbons (Fsp3) is 0.409. The van der Waals surface area contributed by atoms with E-state index in [4.69, 9.17) is 14.6 Å². The Kier molecular flexibility index (Phi) is 7.58. The zero-order chi connectivity index (χ0) is 20.5. The molecule has 7 nitrogen and oxygen atoms in total. The molecule has 0 aliphatic heterocycles. The number of pyridine rings is 1. The molecule has 29 heavy (non-hydrogen) atoms. The smallest absolute Gasteiger partial charge is 0.419 e. The van der Waals surface area contributed by atoms with E-state index in [1.807, 2.05) is 36.4 Å². The predicted molar refractivity (Wildman–Crippen MR) is 108 cm³/mol. The highest BCUT2D eigenvalue weighted by Crippen LogP contribution is 2.30. The number of ether oxygens (including phenoxy) is 2. The Morgan fingerprint density at radius 3 is 2.24 bits per heavy atom. The molecule has 0 radical (unpaired) electrons. The minimum atomic E-state index is -0.942. The van der Waals surface area contributed by atoms with Gasteiger partial charge in [0.1, 0.15) is 6.61 Å². The van der Waals surface area contributed by atoms with Crippen LogP contribution in [0.3, 0.4) is 0 Å². The summed E-state index contributed by atoms with van der Waals surface area (Å²) >= 11 is 0. The van der Waals surface area contributed by atoms with Gasteiger partial charge in [0.2, 0.25) is 0 Å². The number of carbonyl (C=O) groups is 2. The van der Waals surface area contributed by atoms with Crippen molar-refractivity contribution < 1.29 is 24.2 Å². The SMILES string of the molecule is O=C(O)COCC1CCC(COC(=O)N(c2ccccc2)c2cccnc2)CC1. The first kappa shape index (κ1) is 20.8. The van der Waals surface area contributed by atoms with Crippen LogP contribution in [0.1, 0.15) is 25.7 Å². The standard InChI is InChI=1S/C22H26N2O5/c25-21(26)16-28-14-17-8-10-18(11-9-17)15-29-22(27)24(19-5-2-1-3-6-19)20-7-4-12-23-13-20/h1-7,12-13,17-18H,8-11,14-16H2,(H,25,26). The second kappa shape index (κ2) is 10.6. The Hall–Kier alpha value is -2.93. The molecule has 1 aromatic carbocycles. The van der Waals surface area contributed by atoms with Gasteiger partial charge >= 0.3 is 12.1 Å². The number of carboxylic acids is 1. The quantitative estimate of drug-likeness (QED) is 0.715. The van der Waals surface area contributed by atoms with Crippen LogP contribution in [0.25, 0.3) is 0 Å². The number of carbonyl (C=O) groups excluding carboxylic acids is 1. The second-order valence-corrected chi connectivity index (χ2v) is 7.25. The molecule has 1 amide bonds. The lowest BCUT2D eigenvalue weighted by atomic mass is 9.83. The van der Waals surface area contributed by atoms with E-state index in [9.17, 15) is 9.59 Å². The number of hydrogen-bond acceptors (Lipinski definition) is 5. The van der Waals surface area contributed by atoms with Crippen molar-refractivity contribution in [2.75, 3.05) is 24.7 Å². The number of rotatable bonds is 8. The third-order valence-corrected chi connectivity index (χ3v) is 5.09. The number of aromatic nitrogens is 1. The van der Waals surface area contributed by atoms with Crippen LogP contribution in [0.4, 0.5) is 16.2 Å². The van der Waals surface area contributed by atoms with Crippen molar-refractivity contribution in [3.8, 4) is 0 Å². The average molecular weight is 398 g/mol. The molecule has 0 saturated heterocycles. The van der Waals surface area contributed by atoms with E-state index in [1.165, 1.54) is 4.90 Å². The Balaban J connectivity index is 1.52. The van der Waals surface area contributed by atoms with Gasteiger partial charge < -0.3 is 14.6 Å². The van der Waals surface area contributed by atoms with Crippen LogP contribution in [0.5, 0.6) is 0 Å². The van der Waals surface area contributed by atoms with E-state index in [1.54, 1.807) is 18.5 Å². The first-order chi connectivity index (χ1) is 14.1. The lowest BCUT2D eigenvalue weighted by Gasteiger charge is -2.29. The zero-order valence-corrected chi connectivity index (χ0v) is 16.3. The van der Waals surface area contributed by atoms with Gasteiger partial charge in [-0.25, -0.2) is 14.5 Å². The maximum atomic E-state index is 12.9. The van der Waals surface area contributed by atoms with Gasteiger partial charge in [-0.15, -0.1) is 0 Å². The molecule has 1 fully saturated rings. The Morgan fingerprint density at radius 1 is 0.966 bits per heavy atom. The number of nitrogens with zero attached hydrogens (tertiary/aromatic N) is 2. The molecule has 7 heteroatoms. The van der Waals surface area contributed by atoms with Crippen molar-refractivity contribution in [2.45, 2.75) is 25.7 Å². The molecule has 0 spiro atoms. The number of para-hydroxylation sites is 1. The van der Waals surface area contributed by atoms with Gasteiger partial charge in [0.25, 0.3) is 0 Å². The summed E-state index contributed by atoms with van der Waals surface area (Å²) in [6.07, 6.45) is 6.66. The molecular weight excluding hydrogens is 372 g/mol. The summed E-state index contributed by atoms with van der Waals surface area (Å²) in [4.78, 5) is 29.0. The number of aliphatic carboxylic acids is 1. The van der Waals surface area contributed by atoms with Crippen LogP contribution >= 0.6 is 0 Å². The summed E-state index contributed by atoms with van der Waals surface area (Å²) in [5, 5.41) is 8.64. The fourth-order valence-corrected chi connectivity index (χ4v) is 3.55. The van der Waals surface area contributed by atoms with Crippen molar-refractivity contribution in [3.05, 3.63) is 54.9 Å². The van der Waals surface area contributed by atoms with E-state index in [0.29, 0.717) is 30.7 Å². The molecule has 1 aliphatic rings. The molecule has 3 rings (SSSR count). The van der Waals surface area contributed by atoms with Gasteiger partial charge in [-0.05, 0) is 61.8 Å². The van der Waals surface area contributed by atoms with Gasteiger partial charge in [-0.1, -0.05) is 18.2 Å². The molecule has 1 saturated carbocycles. The Morgan fingerprint density at radius 2 is 1.62 bits per heavy atom. The summed E-state index contributed by atoms with van der Waals surface area (Å²) < 4.78 is 10.9. The van der Waals surface area contributed by atoms with Crippen molar-refractivity contribution >= 4 is 23.4 Å². The monoisotopic (exact) mass is 398 g/mol. The summed E-state index contributed by atoms with van der Waals surface area (Å²) in [5.74, 6) is -0.263. The third kappa shape index (κ3) is 6.29. The molecular formula is C22H26N2O5. The van der Waals surface area contributed by atoms with Crippen molar-refractivity contribution in [1.29, 1.82) is 0 Å². The van der Waals surface area contributed by atoms with Gasteiger partial charge in [0.05, 0.1) is 30.8 Å². The number of benzene rings is 1. The molecule has 154 valence electrons. The van der Waals surface area contributed by atoms with Gasteiger partial charge in [0, 0.05) is 6.20 Å². The van der Waals surface area contributed by atoms with Gasteiger partial charge in [-0.3, -0.25) is 4.98 Å². The fourth-order valence-electron chi connectivity index (χ4n) is 3.55. The maximum absolute atomic E-state index is 12.9. The molecule has 1 N–H and O–H groups in total. The highest BCUT2D eigenvalue weighted by Gasteiger charge is 2.25. The minimum absolute atomic E-state index is 0.249. The molecule has 0 unspecified atom stereocenters. The molecule has 2 aromatic rings. The van der Waals surface area contributed by atoms with Crippen molar-refractivity contribution in [1.82, 2.24) is 4.98 Å². The highest BCUT2D eigenvalue weighted by molar-refractivity contribution is 5.95. The number of amides is 1. The van der Waals surface area contributed by atoms with Crippen LogP contribution in [0.15, 0.2) is 54.9 Å². The van der Waals surface area contributed by atoms with Crippen LogP contribution in [-0.2, 0) is 14.3 Å². The average Bonchev–Trinajstić information content (AvgIpc) is 2.75. The van der Waals surface area contributed by atoms with Gasteiger partial charge in [-0.2, -0.15) is 0 Å². The van der Waals surface area contributed by atoms with Crippen molar-refractivity contribution in [3.63, 3.8) is 0 Å². The number of carboxylic acid groups (broad SMARTS) is 1. The molecule has 0 bridgehead atoms. The molecule has 1 heterocycles. The summed E-state index contributed by atoms with van der Waals surface area (Å²) in [7, 11) is 0. The first-order valence-electron chi connectivity index (χ1n) is 9.85. The predicted octanol–water partition coefficient (Wildman–Crippen LogP) is 4.26. The van der Waals surface area contributed by atoms with Gasteiger partial charge in [0.15, 0.2) is 0 Å². The summed E-state index contributed by atoms with van der Waals surface area (Å²) in [6, 6.07) is 13.0. The van der Waals surface area contributed by atoms with E-state index in [2.05, 4.69) is 4.98 Å². The maximum Gasteiger partial charge on any atom is 0.419 e. The Bertz CT molecular complexity index is 737. The number of hydrogen-bond donors (Lipinski definition) is 1. The van der Waals surface area contributed by atoms with E-state index in [-0.39, 0.29) is 6.61 Å². The lowest BCUT2D eigenvalue weighted by molar-refractivity contribution is -0.142. The molecule has 1 aliphatic carbocycles. The molecule has 0 atom stereocenters. The summed E-state index contributed by atoms with van der Waals surface area (Å²) in [6.45, 7) is 0.591. The third-order valence-electron chi connectivity index (χ3n) is 5.09. The van der Waals surface area contributed by atoms with Crippen LogP contribution in [-0.4, -0.2) is 42.0 Å².